The van der Waals surface area contributed by atoms with Gasteiger partial charge in [0.15, 0.2) is 0 Å². The summed E-state index contributed by atoms with van der Waals surface area (Å²) in [5, 5.41) is 1.69. The van der Waals surface area contributed by atoms with Gasteiger partial charge in [0.05, 0.1) is 13.0 Å². The van der Waals surface area contributed by atoms with Gasteiger partial charge in [-0.05, 0) is 12.3 Å². The predicted octanol–water partition coefficient (Wildman–Crippen LogP) is 1.80. The van der Waals surface area contributed by atoms with Crippen LogP contribution in [0, 0.1) is 0 Å². The van der Waals surface area contributed by atoms with Crippen LogP contribution in [0.3, 0.4) is 0 Å². The lowest BCUT2D eigenvalue weighted by molar-refractivity contribution is -0.142. The van der Waals surface area contributed by atoms with Gasteiger partial charge in [-0.2, -0.15) is 0 Å². The van der Waals surface area contributed by atoms with Crippen LogP contribution in [0.1, 0.15) is 18.5 Å². The van der Waals surface area contributed by atoms with Crippen molar-refractivity contribution in [3.05, 3.63) is 46.4 Å². The largest absolute Gasteiger partial charge is 0.469 e. The molecule has 2 rings (SSSR count). The zero-order chi connectivity index (χ0) is 12.4. The van der Waals surface area contributed by atoms with E-state index in [0.29, 0.717) is 5.69 Å². The molecule has 0 saturated heterocycles. The van der Waals surface area contributed by atoms with E-state index in [4.69, 9.17) is 4.74 Å². The molecule has 88 valence electrons. The third-order valence-corrected chi connectivity index (χ3v) is 2.78. The summed E-state index contributed by atoms with van der Waals surface area (Å²) in [5.41, 5.74) is 0.384. The molecule has 17 heavy (non-hydrogen) atoms. The number of ether oxygens (including phenoxy) is 1. The van der Waals surface area contributed by atoms with Gasteiger partial charge in [0.2, 0.25) is 5.56 Å². The van der Waals surface area contributed by atoms with Gasteiger partial charge in [-0.25, -0.2) is 0 Å². The topological polar surface area (TPSA) is 59.2 Å². The molecular weight excluding hydrogens is 218 g/mol. The molecule has 0 amide bonds. The highest BCUT2D eigenvalue weighted by Gasteiger charge is 2.19. The number of carbonyl (C=O) groups excluding carboxylic acids is 1. The summed E-state index contributed by atoms with van der Waals surface area (Å²) in [4.78, 5) is 25.7. The Labute approximate surface area is 98.2 Å². The lowest BCUT2D eigenvalue weighted by Gasteiger charge is -2.11. The minimum atomic E-state index is -0.487. The first kappa shape index (κ1) is 11.4. The second-order valence-corrected chi connectivity index (χ2v) is 3.88. The molecule has 1 unspecified atom stereocenters. The molecule has 0 bridgehead atoms. The Kier molecular flexibility index (Phi) is 2.95. The first-order valence-electron chi connectivity index (χ1n) is 5.33. The summed E-state index contributed by atoms with van der Waals surface area (Å²) >= 11 is 0. The van der Waals surface area contributed by atoms with Gasteiger partial charge in [-0.3, -0.25) is 9.59 Å². The lowest BCUT2D eigenvalue weighted by atomic mass is 10.0. The van der Waals surface area contributed by atoms with Crippen LogP contribution in [0.25, 0.3) is 10.8 Å². The van der Waals surface area contributed by atoms with Gasteiger partial charge >= 0.3 is 5.97 Å². The van der Waals surface area contributed by atoms with Crippen molar-refractivity contribution in [3.8, 4) is 0 Å². The molecule has 1 atom stereocenters. The van der Waals surface area contributed by atoms with E-state index in [2.05, 4.69) is 4.98 Å². The number of nitrogens with one attached hydrogen (secondary N) is 1. The van der Waals surface area contributed by atoms with E-state index in [1.807, 2.05) is 24.3 Å². The number of benzene rings is 1. The number of aromatic amines is 1. The molecule has 4 heteroatoms. The number of hydrogen-bond acceptors (Lipinski definition) is 3. The van der Waals surface area contributed by atoms with Crippen LogP contribution in [-0.2, 0) is 9.53 Å². The molecule has 0 spiro atoms. The van der Waals surface area contributed by atoms with Crippen LogP contribution >= 0.6 is 0 Å². The van der Waals surface area contributed by atoms with Gasteiger partial charge < -0.3 is 9.72 Å². The summed E-state index contributed by atoms with van der Waals surface area (Å²) in [6.07, 6.45) is 0. The standard InChI is InChI=1S/C13H13NO3/c1-8(13(16)17-2)12-10-6-4-3-5-9(10)7-11(15)14-12/h3-8H,1-2H3,(H,14,15). The molecule has 0 aliphatic rings. The van der Waals surface area contributed by atoms with E-state index in [-0.39, 0.29) is 11.5 Å². The van der Waals surface area contributed by atoms with E-state index < -0.39 is 5.92 Å². The third-order valence-electron chi connectivity index (χ3n) is 2.78. The predicted molar refractivity (Wildman–Crippen MR) is 65.0 cm³/mol. The van der Waals surface area contributed by atoms with E-state index in [1.165, 1.54) is 13.2 Å². The van der Waals surface area contributed by atoms with Crippen molar-refractivity contribution >= 4 is 16.7 Å². The molecule has 1 heterocycles. The second-order valence-electron chi connectivity index (χ2n) is 3.88. The van der Waals surface area contributed by atoms with E-state index >= 15 is 0 Å². The maximum absolute atomic E-state index is 11.5. The van der Waals surface area contributed by atoms with E-state index in [9.17, 15) is 9.59 Å². The summed E-state index contributed by atoms with van der Waals surface area (Å²) in [7, 11) is 1.34. The third kappa shape index (κ3) is 2.06. The number of esters is 1. The second kappa shape index (κ2) is 4.41. The Bertz CT molecular complexity index is 615. The quantitative estimate of drug-likeness (QED) is 0.802. The summed E-state index contributed by atoms with van der Waals surface area (Å²) < 4.78 is 4.69. The van der Waals surface area contributed by atoms with Gasteiger partial charge in [0.1, 0.15) is 0 Å². The smallest absolute Gasteiger partial charge is 0.314 e. The molecule has 1 aromatic carbocycles. The Balaban J connectivity index is 2.68. The fraction of sp³-hybridized carbons (Fsp3) is 0.231. The first-order chi connectivity index (χ1) is 8.13. The maximum atomic E-state index is 11.5. The Hall–Kier alpha value is -2.10. The Morgan fingerprint density at radius 1 is 1.35 bits per heavy atom. The van der Waals surface area contributed by atoms with Crippen molar-refractivity contribution in [3.63, 3.8) is 0 Å². The maximum Gasteiger partial charge on any atom is 0.314 e. The summed E-state index contributed by atoms with van der Waals surface area (Å²) in [5.74, 6) is -0.851. The number of hydrogen-bond donors (Lipinski definition) is 1. The Morgan fingerprint density at radius 3 is 2.76 bits per heavy atom. The minimum Gasteiger partial charge on any atom is -0.469 e. The molecule has 0 radical (unpaired) electrons. The molecule has 0 fully saturated rings. The van der Waals surface area contributed by atoms with Crippen molar-refractivity contribution in [1.82, 2.24) is 4.98 Å². The number of aromatic nitrogens is 1. The number of carbonyl (C=O) groups is 1. The van der Waals surface area contributed by atoms with Crippen LogP contribution < -0.4 is 5.56 Å². The van der Waals surface area contributed by atoms with Crippen molar-refractivity contribution in [2.45, 2.75) is 12.8 Å². The first-order valence-corrected chi connectivity index (χ1v) is 5.33. The van der Waals surface area contributed by atoms with Crippen LogP contribution in [-0.4, -0.2) is 18.1 Å². The van der Waals surface area contributed by atoms with Gasteiger partial charge in [0.25, 0.3) is 0 Å². The number of rotatable bonds is 2. The van der Waals surface area contributed by atoms with Crippen molar-refractivity contribution in [2.75, 3.05) is 7.11 Å². The van der Waals surface area contributed by atoms with E-state index in [0.717, 1.165) is 10.8 Å². The molecule has 0 aliphatic heterocycles. The van der Waals surface area contributed by atoms with E-state index in [1.54, 1.807) is 6.92 Å². The number of methoxy groups -OCH3 is 1. The van der Waals surface area contributed by atoms with Crippen molar-refractivity contribution in [1.29, 1.82) is 0 Å². The van der Waals surface area contributed by atoms with Crippen LogP contribution in [0.4, 0.5) is 0 Å². The van der Waals surface area contributed by atoms with Crippen LogP contribution in [0.2, 0.25) is 0 Å². The van der Waals surface area contributed by atoms with Crippen LogP contribution in [0.15, 0.2) is 35.1 Å². The van der Waals surface area contributed by atoms with Gasteiger partial charge in [-0.1, -0.05) is 24.3 Å². The Morgan fingerprint density at radius 2 is 2.06 bits per heavy atom. The fourth-order valence-corrected chi connectivity index (χ4v) is 1.88. The summed E-state index contributed by atoms with van der Waals surface area (Å²) in [6.45, 7) is 1.71. The lowest BCUT2D eigenvalue weighted by Crippen LogP contribution is -2.17. The van der Waals surface area contributed by atoms with Gasteiger partial charge in [0, 0.05) is 17.1 Å². The molecule has 0 saturated carbocycles. The highest BCUT2D eigenvalue weighted by molar-refractivity contribution is 5.89. The van der Waals surface area contributed by atoms with Crippen LogP contribution in [0.5, 0.6) is 0 Å². The van der Waals surface area contributed by atoms with Gasteiger partial charge in [-0.15, -0.1) is 0 Å². The number of pyridine rings is 1. The molecule has 1 N–H and O–H groups in total. The van der Waals surface area contributed by atoms with Crippen molar-refractivity contribution < 1.29 is 9.53 Å². The molecule has 2 aromatic rings. The van der Waals surface area contributed by atoms with Crippen molar-refractivity contribution in [2.24, 2.45) is 0 Å². The number of H-pyrrole nitrogens is 1. The minimum absolute atomic E-state index is 0.213. The fourth-order valence-electron chi connectivity index (χ4n) is 1.88. The highest BCUT2D eigenvalue weighted by Crippen LogP contribution is 2.22. The SMILES string of the molecule is COC(=O)C(C)c1[nH]c(=O)cc2ccccc12. The highest BCUT2D eigenvalue weighted by atomic mass is 16.5. The molecular formula is C13H13NO3. The molecule has 4 nitrogen and oxygen atoms in total. The normalized spacial score (nSPS) is 12.4. The monoisotopic (exact) mass is 231 g/mol. The zero-order valence-corrected chi connectivity index (χ0v) is 9.69. The average molecular weight is 231 g/mol. The molecule has 1 aromatic heterocycles. The average Bonchev–Trinajstić information content (AvgIpc) is 2.35. The summed E-state index contributed by atoms with van der Waals surface area (Å²) in [6, 6.07) is 8.96. The number of fused-ring (bicyclic) bond motifs is 1. The molecule has 0 aliphatic carbocycles. The zero-order valence-electron chi connectivity index (χ0n) is 9.69.